The van der Waals surface area contributed by atoms with Gasteiger partial charge >= 0.3 is 0 Å². The Balaban J connectivity index is 1.22. The number of ether oxygens (including phenoxy) is 1. The maximum Gasteiger partial charge on any atom is 0.183 e. The molecule has 11 heteroatoms. The van der Waals surface area contributed by atoms with Crippen molar-refractivity contribution in [2.75, 3.05) is 13.1 Å². The third-order valence-corrected chi connectivity index (χ3v) is 9.54. The second kappa shape index (κ2) is 14.5. The lowest BCUT2D eigenvalue weighted by Gasteiger charge is -2.29. The van der Waals surface area contributed by atoms with Crippen LogP contribution in [0.15, 0.2) is 52.3 Å². The second-order valence-electron chi connectivity index (χ2n) is 13.0. The molecule has 4 aliphatic rings. The number of carbonyl (C=O) groups is 1. The summed E-state index contributed by atoms with van der Waals surface area (Å²) in [6, 6.07) is 6.59. The number of nitrogens with zero attached hydrogens (tertiary/aromatic N) is 2. The van der Waals surface area contributed by atoms with Crippen molar-refractivity contribution >= 4 is 12.0 Å². The van der Waals surface area contributed by atoms with Crippen molar-refractivity contribution in [3.05, 3.63) is 75.1 Å². The fraction of sp³-hybridized carbons (Fsp3) is 0.459. The predicted octanol–water partition coefficient (Wildman–Crippen LogP) is 2.93. The Morgan fingerprint density at radius 2 is 1.98 bits per heavy atom. The van der Waals surface area contributed by atoms with Crippen LogP contribution in [0.4, 0.5) is 0 Å². The number of rotatable bonds is 11. The highest BCUT2D eigenvalue weighted by molar-refractivity contribution is 5.88. The molecule has 0 saturated carbocycles. The highest BCUT2D eigenvalue weighted by atomic mass is 16.5. The molecule has 2 aromatic carbocycles. The molecule has 4 heterocycles. The van der Waals surface area contributed by atoms with Crippen LogP contribution in [0, 0.1) is 11.8 Å². The zero-order chi connectivity index (χ0) is 33.9. The van der Waals surface area contributed by atoms with Crippen molar-refractivity contribution < 1.29 is 35.1 Å². The number of phenols is 2. The molecule has 8 N–H and O–H groups in total. The molecule has 0 amide bonds. The number of aliphatic imine (C=N–C) groups is 1. The Labute approximate surface area is 280 Å². The molecule has 2 bridgehead atoms. The molecular formula is C37H44N4O7. The summed E-state index contributed by atoms with van der Waals surface area (Å²) in [6.07, 6.45) is 3.46. The van der Waals surface area contributed by atoms with Gasteiger partial charge in [-0.25, -0.2) is 0 Å². The first kappa shape index (κ1) is 33.7. The lowest BCUT2D eigenvalue weighted by molar-refractivity contribution is -0.121. The number of aliphatic hydroxyl groups excluding tert-OH is 3. The van der Waals surface area contributed by atoms with Gasteiger partial charge in [-0.1, -0.05) is 37.3 Å². The predicted molar refractivity (Wildman–Crippen MR) is 180 cm³/mol. The van der Waals surface area contributed by atoms with Crippen LogP contribution in [0.3, 0.4) is 0 Å². The van der Waals surface area contributed by atoms with Gasteiger partial charge in [-0.05, 0) is 65.1 Å². The highest BCUT2D eigenvalue weighted by Gasteiger charge is 2.32. The number of nitrogens with one attached hydrogen (secondary N) is 1. The first-order chi connectivity index (χ1) is 23.1. The molecule has 5 unspecified atom stereocenters. The van der Waals surface area contributed by atoms with E-state index in [1.165, 1.54) is 12.1 Å². The Morgan fingerprint density at radius 1 is 1.17 bits per heavy atom. The summed E-state index contributed by atoms with van der Waals surface area (Å²) < 4.78 is 6.34. The molecule has 0 spiro atoms. The first-order valence-electron chi connectivity index (χ1n) is 16.7. The third-order valence-electron chi connectivity index (χ3n) is 9.54. The monoisotopic (exact) mass is 656 g/mol. The number of aromatic hydroxyl groups is 2. The molecule has 5 atom stereocenters. The molecule has 0 saturated heterocycles. The van der Waals surface area contributed by atoms with Crippen LogP contribution in [-0.4, -0.2) is 74.0 Å². The standard InChI is InChI=1S/C37H44N4O7/c1-2-4-23(42)15-25(44)16-24(43)8-7-21-14-35(34(47)17-33(21)46)48-36-6-3-5-32(45)27-9-10-28-26(11-12-39-37(28)38)29(27)13-22-18-40-31-20-41(36)19-30(22)31/h9-10,14,17-18,20,23,25,32,36-37,39,42,44-47H,2,4,6-8,11-13,15-16,19,38H2,1H3. The molecule has 48 heavy (non-hydrogen) atoms. The first-order valence-corrected chi connectivity index (χ1v) is 16.7. The van der Waals surface area contributed by atoms with Gasteiger partial charge in [0.1, 0.15) is 17.6 Å². The summed E-state index contributed by atoms with van der Waals surface area (Å²) in [5.74, 6) is 5.58. The van der Waals surface area contributed by atoms with Gasteiger partial charge in [0.2, 0.25) is 0 Å². The number of Topliss-reactive ketones (excluding diaryl/α,β-unsaturated/α-hetero) is 1. The van der Waals surface area contributed by atoms with Crippen LogP contribution in [-0.2, 0) is 24.1 Å². The Bertz CT molecular complexity index is 1720. The summed E-state index contributed by atoms with van der Waals surface area (Å²) in [5.41, 5.74) is 13.7. The summed E-state index contributed by atoms with van der Waals surface area (Å²) in [5, 5.41) is 56.1. The van der Waals surface area contributed by atoms with Crippen molar-refractivity contribution in [3.8, 4) is 29.1 Å². The van der Waals surface area contributed by atoms with E-state index in [4.69, 9.17) is 10.5 Å². The topological polar surface area (TPSA) is 181 Å². The van der Waals surface area contributed by atoms with E-state index in [9.17, 15) is 30.3 Å². The van der Waals surface area contributed by atoms with Gasteiger partial charge in [-0.3, -0.25) is 15.1 Å². The van der Waals surface area contributed by atoms with Crippen LogP contribution < -0.4 is 15.8 Å². The quantitative estimate of drug-likeness (QED) is 0.178. The number of nitrogens with two attached hydrogens (primary N) is 1. The van der Waals surface area contributed by atoms with Crippen LogP contribution >= 0.6 is 0 Å². The van der Waals surface area contributed by atoms with E-state index < -0.39 is 24.5 Å². The molecule has 0 aromatic heterocycles. The van der Waals surface area contributed by atoms with Crippen LogP contribution in [0.25, 0.3) is 0 Å². The molecule has 2 aromatic rings. The van der Waals surface area contributed by atoms with Gasteiger partial charge in [0.15, 0.2) is 17.7 Å². The summed E-state index contributed by atoms with van der Waals surface area (Å²) in [6.45, 7) is 3.21. The van der Waals surface area contributed by atoms with Gasteiger partial charge < -0.3 is 40.9 Å². The molecular weight excluding hydrogens is 612 g/mol. The minimum Gasteiger partial charge on any atom is -0.508 e. The number of benzene rings is 2. The highest BCUT2D eigenvalue weighted by Crippen LogP contribution is 2.39. The van der Waals surface area contributed by atoms with Gasteiger partial charge in [0.05, 0.1) is 30.5 Å². The third kappa shape index (κ3) is 7.28. The maximum atomic E-state index is 12.6. The number of hydrogen-bond donors (Lipinski definition) is 7. The zero-order valence-electron chi connectivity index (χ0n) is 27.2. The smallest absolute Gasteiger partial charge is 0.183 e. The van der Waals surface area contributed by atoms with Gasteiger partial charge in [0.25, 0.3) is 0 Å². The molecule has 0 radical (unpaired) electrons. The average molecular weight is 657 g/mol. The number of carbonyl (C=O) groups excluding carboxylic acids is 1. The van der Waals surface area contributed by atoms with Crippen molar-refractivity contribution in [2.45, 2.75) is 95.4 Å². The number of hydrogen-bond acceptors (Lipinski definition) is 11. The van der Waals surface area contributed by atoms with Crippen molar-refractivity contribution in [3.63, 3.8) is 0 Å². The van der Waals surface area contributed by atoms with Crippen molar-refractivity contribution in [1.29, 1.82) is 0 Å². The minimum atomic E-state index is -1.03. The van der Waals surface area contributed by atoms with E-state index in [-0.39, 0.29) is 61.3 Å². The largest absolute Gasteiger partial charge is 0.508 e. The Hall–Kier alpha value is -4.18. The number of phenolic OH excluding ortho intramolecular Hbond substituents is 2. The lowest BCUT2D eigenvalue weighted by Crippen LogP contribution is -2.36. The average Bonchev–Trinajstić information content (AvgIpc) is 3.62. The number of allylic oxidation sites excluding steroid dienone is 1. The normalized spacial score (nSPS) is 22.5. The zero-order valence-corrected chi connectivity index (χ0v) is 27.2. The van der Waals surface area contributed by atoms with E-state index in [0.717, 1.165) is 58.5 Å². The van der Waals surface area contributed by atoms with E-state index in [1.54, 1.807) is 0 Å². The molecule has 6 rings (SSSR count). The minimum absolute atomic E-state index is 0.0613. The SMILES string of the molecule is CCCC(O)CC(O)CC(=O)CCc1cc(OC2CC#CC(O)c3ccc4c(c3CC3=C5CN2C=C5N=C3)CCNC4N)c(O)cc1O. The van der Waals surface area contributed by atoms with Crippen LogP contribution in [0.5, 0.6) is 17.2 Å². The number of aryl methyl sites for hydroxylation is 1. The molecule has 0 aliphatic carbocycles. The number of aliphatic hydroxyl groups is 3. The van der Waals surface area contributed by atoms with E-state index in [1.807, 2.05) is 36.4 Å². The van der Waals surface area contributed by atoms with E-state index in [0.29, 0.717) is 24.9 Å². The van der Waals surface area contributed by atoms with Crippen molar-refractivity contribution in [2.24, 2.45) is 10.7 Å². The van der Waals surface area contributed by atoms with Gasteiger partial charge in [0, 0.05) is 56.4 Å². The van der Waals surface area contributed by atoms with E-state index in [2.05, 4.69) is 22.2 Å². The van der Waals surface area contributed by atoms with Crippen molar-refractivity contribution in [1.82, 2.24) is 10.2 Å². The Kier molecular flexibility index (Phi) is 10.2. The molecule has 11 nitrogen and oxygen atoms in total. The summed E-state index contributed by atoms with van der Waals surface area (Å²) >= 11 is 0. The summed E-state index contributed by atoms with van der Waals surface area (Å²) in [4.78, 5) is 19.2. The summed E-state index contributed by atoms with van der Waals surface area (Å²) in [7, 11) is 0. The van der Waals surface area contributed by atoms with Crippen LogP contribution in [0.1, 0.15) is 85.5 Å². The fourth-order valence-electron chi connectivity index (χ4n) is 6.99. The second-order valence-corrected chi connectivity index (χ2v) is 13.0. The lowest BCUT2D eigenvalue weighted by atomic mass is 9.85. The molecule has 254 valence electrons. The number of fused-ring (bicyclic) bond motifs is 4. The van der Waals surface area contributed by atoms with E-state index >= 15 is 0 Å². The number of ketones is 1. The molecule has 0 fully saturated rings. The van der Waals surface area contributed by atoms with Gasteiger partial charge in [-0.15, -0.1) is 0 Å². The van der Waals surface area contributed by atoms with Crippen LogP contribution in [0.2, 0.25) is 0 Å². The Morgan fingerprint density at radius 3 is 2.79 bits per heavy atom. The molecule has 4 aliphatic heterocycles. The van der Waals surface area contributed by atoms with Gasteiger partial charge in [-0.2, -0.15) is 0 Å². The maximum absolute atomic E-state index is 12.6. The fourth-order valence-corrected chi connectivity index (χ4v) is 6.99.